The van der Waals surface area contributed by atoms with Crippen molar-refractivity contribution < 1.29 is 9.53 Å². The molecule has 1 aliphatic rings. The number of aromatic nitrogens is 2. The summed E-state index contributed by atoms with van der Waals surface area (Å²) in [7, 11) is 0. The number of hydrogen-bond donors (Lipinski definition) is 0. The van der Waals surface area contributed by atoms with E-state index in [0.717, 1.165) is 37.2 Å². The number of para-hydroxylation sites is 1. The molecule has 3 rings (SSSR count). The molecule has 2 heterocycles. The molecule has 1 aromatic carbocycles. The zero-order chi connectivity index (χ0) is 16.2. The van der Waals surface area contributed by atoms with Gasteiger partial charge in [-0.3, -0.25) is 4.79 Å². The molecule has 1 aromatic heterocycles. The molecule has 0 bridgehead atoms. The molecule has 1 unspecified atom stereocenters. The maximum absolute atomic E-state index is 12.5. The summed E-state index contributed by atoms with van der Waals surface area (Å²) in [5.41, 5.74) is 1.90. The predicted molar refractivity (Wildman–Crippen MR) is 88.8 cm³/mol. The molecule has 1 amide bonds. The summed E-state index contributed by atoms with van der Waals surface area (Å²) in [6.45, 7) is 5.42. The highest BCUT2D eigenvalue weighted by molar-refractivity contribution is 5.81. The highest BCUT2D eigenvalue weighted by atomic mass is 16.5. The second-order valence-corrected chi connectivity index (χ2v) is 6.04. The van der Waals surface area contributed by atoms with Crippen LogP contribution in [0.3, 0.4) is 0 Å². The van der Waals surface area contributed by atoms with Crippen LogP contribution >= 0.6 is 0 Å². The lowest BCUT2D eigenvalue weighted by molar-refractivity contribution is -0.139. The summed E-state index contributed by atoms with van der Waals surface area (Å²) in [5.74, 6) is 0.574. The number of hydrogen-bond acceptors (Lipinski definition) is 3. The minimum Gasteiger partial charge on any atom is -0.463 e. The normalized spacial score (nSPS) is 16.2. The first-order chi connectivity index (χ1) is 11.1. The number of rotatable bonds is 4. The molecular formula is C18H23N3O2. The summed E-state index contributed by atoms with van der Waals surface area (Å²) >= 11 is 0. The molecular weight excluding hydrogens is 290 g/mol. The van der Waals surface area contributed by atoms with Gasteiger partial charge in [0.25, 0.3) is 5.91 Å². The number of ether oxygens (including phenoxy) is 1. The van der Waals surface area contributed by atoms with Crippen molar-refractivity contribution >= 4 is 5.91 Å². The monoisotopic (exact) mass is 313 g/mol. The number of carbonyl (C=O) groups is 1. The lowest BCUT2D eigenvalue weighted by atomic mass is 10.1. The molecule has 0 N–H and O–H groups in total. The van der Waals surface area contributed by atoms with E-state index in [1.54, 1.807) is 11.6 Å². The van der Waals surface area contributed by atoms with Gasteiger partial charge in [0.15, 0.2) is 6.10 Å². The van der Waals surface area contributed by atoms with E-state index in [0.29, 0.717) is 5.88 Å². The van der Waals surface area contributed by atoms with Crippen LogP contribution in [0.2, 0.25) is 0 Å². The molecule has 5 nitrogen and oxygen atoms in total. The molecule has 122 valence electrons. The van der Waals surface area contributed by atoms with Gasteiger partial charge in [0, 0.05) is 24.8 Å². The largest absolute Gasteiger partial charge is 0.463 e. The van der Waals surface area contributed by atoms with Crippen LogP contribution in [0.4, 0.5) is 0 Å². The van der Waals surface area contributed by atoms with E-state index >= 15 is 0 Å². The topological polar surface area (TPSA) is 47.4 Å². The molecule has 0 aliphatic carbocycles. The van der Waals surface area contributed by atoms with Crippen LogP contribution < -0.4 is 4.74 Å². The SMILES string of the molecule is Cc1cn(-c2ccccc2)nc1OC(C)C(=O)N1CCCCC1. The Bertz CT molecular complexity index is 660. The van der Waals surface area contributed by atoms with Gasteiger partial charge in [0.2, 0.25) is 5.88 Å². The molecule has 2 aromatic rings. The van der Waals surface area contributed by atoms with Crippen LogP contribution in [-0.2, 0) is 4.79 Å². The summed E-state index contributed by atoms with van der Waals surface area (Å²) < 4.78 is 7.62. The van der Waals surface area contributed by atoms with E-state index in [9.17, 15) is 4.79 Å². The van der Waals surface area contributed by atoms with Crippen molar-refractivity contribution in [3.63, 3.8) is 0 Å². The lowest BCUT2D eigenvalue weighted by Crippen LogP contribution is -2.43. The molecule has 0 saturated carbocycles. The fourth-order valence-corrected chi connectivity index (χ4v) is 2.86. The van der Waals surface area contributed by atoms with Crippen LogP contribution in [0.1, 0.15) is 31.7 Å². The number of likely N-dealkylation sites (tertiary alicyclic amines) is 1. The Morgan fingerprint density at radius 3 is 2.57 bits per heavy atom. The molecule has 0 radical (unpaired) electrons. The Morgan fingerprint density at radius 1 is 1.17 bits per heavy atom. The van der Waals surface area contributed by atoms with Crippen molar-refractivity contribution in [2.75, 3.05) is 13.1 Å². The summed E-state index contributed by atoms with van der Waals surface area (Å²) in [4.78, 5) is 14.4. The van der Waals surface area contributed by atoms with Gasteiger partial charge in [-0.1, -0.05) is 18.2 Å². The molecule has 1 fully saturated rings. The molecule has 1 atom stereocenters. The first kappa shape index (κ1) is 15.6. The Morgan fingerprint density at radius 2 is 1.87 bits per heavy atom. The van der Waals surface area contributed by atoms with Crippen LogP contribution in [0, 0.1) is 6.92 Å². The van der Waals surface area contributed by atoms with E-state index < -0.39 is 6.10 Å². The Labute approximate surface area is 136 Å². The summed E-state index contributed by atoms with van der Waals surface area (Å²) in [6.07, 6.45) is 4.79. The van der Waals surface area contributed by atoms with Crippen LogP contribution in [0.15, 0.2) is 36.5 Å². The first-order valence-electron chi connectivity index (χ1n) is 8.22. The van der Waals surface area contributed by atoms with Gasteiger partial charge in [-0.15, -0.1) is 5.10 Å². The van der Waals surface area contributed by atoms with Crippen molar-refractivity contribution in [1.29, 1.82) is 0 Å². The molecule has 5 heteroatoms. The third kappa shape index (κ3) is 3.55. The van der Waals surface area contributed by atoms with Crippen molar-refractivity contribution in [2.24, 2.45) is 0 Å². The number of carbonyl (C=O) groups excluding carboxylic acids is 1. The second kappa shape index (κ2) is 6.86. The third-order valence-electron chi connectivity index (χ3n) is 4.18. The zero-order valence-corrected chi connectivity index (χ0v) is 13.7. The van der Waals surface area contributed by atoms with E-state index in [2.05, 4.69) is 5.10 Å². The Balaban J connectivity index is 1.70. The van der Waals surface area contributed by atoms with Crippen LogP contribution in [0.5, 0.6) is 5.88 Å². The minimum absolute atomic E-state index is 0.0540. The number of nitrogens with zero attached hydrogens (tertiary/aromatic N) is 3. The van der Waals surface area contributed by atoms with E-state index in [1.165, 1.54) is 6.42 Å². The minimum atomic E-state index is -0.508. The van der Waals surface area contributed by atoms with E-state index in [1.807, 2.05) is 48.4 Å². The average Bonchev–Trinajstić information content (AvgIpc) is 2.96. The van der Waals surface area contributed by atoms with Gasteiger partial charge in [-0.25, -0.2) is 4.68 Å². The van der Waals surface area contributed by atoms with Gasteiger partial charge in [-0.2, -0.15) is 0 Å². The lowest BCUT2D eigenvalue weighted by Gasteiger charge is -2.29. The summed E-state index contributed by atoms with van der Waals surface area (Å²) in [6, 6.07) is 9.87. The average molecular weight is 313 g/mol. The fourth-order valence-electron chi connectivity index (χ4n) is 2.86. The van der Waals surface area contributed by atoms with Gasteiger partial charge >= 0.3 is 0 Å². The standard InChI is InChI=1S/C18H23N3O2/c1-14-13-21(16-9-5-3-6-10-16)19-17(14)23-15(2)18(22)20-11-7-4-8-12-20/h3,5-6,9-10,13,15H,4,7-8,11-12H2,1-2H3. The van der Waals surface area contributed by atoms with E-state index in [-0.39, 0.29) is 5.91 Å². The quantitative estimate of drug-likeness (QED) is 0.872. The van der Waals surface area contributed by atoms with Gasteiger partial charge in [0.05, 0.1) is 5.69 Å². The van der Waals surface area contributed by atoms with Crippen molar-refractivity contribution in [2.45, 2.75) is 39.2 Å². The van der Waals surface area contributed by atoms with Crippen molar-refractivity contribution in [1.82, 2.24) is 14.7 Å². The molecule has 1 saturated heterocycles. The fraction of sp³-hybridized carbons (Fsp3) is 0.444. The first-order valence-corrected chi connectivity index (χ1v) is 8.22. The van der Waals surface area contributed by atoms with Crippen LogP contribution in [0.25, 0.3) is 5.69 Å². The molecule has 1 aliphatic heterocycles. The highest BCUT2D eigenvalue weighted by Crippen LogP contribution is 2.20. The van der Waals surface area contributed by atoms with Gasteiger partial charge in [-0.05, 0) is 45.2 Å². The molecule has 23 heavy (non-hydrogen) atoms. The number of piperidine rings is 1. The maximum Gasteiger partial charge on any atom is 0.263 e. The highest BCUT2D eigenvalue weighted by Gasteiger charge is 2.24. The zero-order valence-electron chi connectivity index (χ0n) is 13.7. The van der Waals surface area contributed by atoms with E-state index in [4.69, 9.17) is 4.74 Å². The number of aryl methyl sites for hydroxylation is 1. The molecule has 0 spiro atoms. The predicted octanol–water partition coefficient (Wildman–Crippen LogP) is 2.96. The summed E-state index contributed by atoms with van der Waals surface area (Å²) in [5, 5.41) is 4.47. The number of amides is 1. The van der Waals surface area contributed by atoms with Gasteiger partial charge < -0.3 is 9.64 Å². The third-order valence-corrected chi connectivity index (χ3v) is 4.18. The smallest absolute Gasteiger partial charge is 0.263 e. The number of benzene rings is 1. The maximum atomic E-state index is 12.5. The van der Waals surface area contributed by atoms with Crippen molar-refractivity contribution in [3.05, 3.63) is 42.1 Å². The van der Waals surface area contributed by atoms with Crippen LogP contribution in [-0.4, -0.2) is 39.8 Å². The Kier molecular flexibility index (Phi) is 4.65. The second-order valence-electron chi connectivity index (χ2n) is 6.04. The van der Waals surface area contributed by atoms with Gasteiger partial charge in [0.1, 0.15) is 0 Å². The Hall–Kier alpha value is -2.30. The van der Waals surface area contributed by atoms with Crippen molar-refractivity contribution in [3.8, 4) is 11.6 Å².